The predicted molar refractivity (Wildman–Crippen MR) is 119 cm³/mol. The Labute approximate surface area is 182 Å². The summed E-state index contributed by atoms with van der Waals surface area (Å²) in [5.74, 6) is 1.80. The van der Waals surface area contributed by atoms with Crippen LogP contribution in [0.5, 0.6) is 0 Å². The molecule has 4 aromatic rings. The van der Waals surface area contributed by atoms with Crippen LogP contribution in [0.3, 0.4) is 0 Å². The fourth-order valence-corrected chi connectivity index (χ4v) is 5.89. The number of ether oxygens (including phenoxy) is 1. The molecule has 0 aliphatic carbocycles. The molecule has 0 unspecified atom stereocenters. The van der Waals surface area contributed by atoms with Crippen LogP contribution in [0.2, 0.25) is 5.02 Å². The second-order valence-electron chi connectivity index (χ2n) is 7.85. The lowest BCUT2D eigenvalue weighted by Crippen LogP contribution is -2.31. The van der Waals surface area contributed by atoms with Gasteiger partial charge in [0.25, 0.3) is 0 Å². The van der Waals surface area contributed by atoms with Crippen molar-refractivity contribution in [1.29, 1.82) is 0 Å². The van der Waals surface area contributed by atoms with E-state index in [2.05, 4.69) is 35.4 Å². The maximum Gasteiger partial charge on any atom is 0.197 e. The molecular weight excluding hydrogens is 424 g/mol. The Hall–Kier alpha value is -1.67. The Morgan fingerprint density at radius 2 is 2.03 bits per heavy atom. The first-order valence-electron chi connectivity index (χ1n) is 9.64. The number of benzene rings is 1. The standard InChI is InChI=1S/C21H21ClN4OS2/c1-4-16-23-19-17(14-9-21(2,3)27-10-15(14)29-19)18-24-25-20(26(16)18)28-11-12-5-7-13(22)8-6-12/h5-8H,4,9-11H2,1-3H3. The van der Waals surface area contributed by atoms with Crippen LogP contribution >= 0.6 is 34.7 Å². The summed E-state index contributed by atoms with van der Waals surface area (Å²) in [6, 6.07) is 7.94. The summed E-state index contributed by atoms with van der Waals surface area (Å²) in [7, 11) is 0. The molecule has 0 bridgehead atoms. The van der Waals surface area contributed by atoms with E-state index >= 15 is 0 Å². The average molecular weight is 445 g/mol. The number of hydrogen-bond acceptors (Lipinski definition) is 6. The summed E-state index contributed by atoms with van der Waals surface area (Å²) in [4.78, 5) is 7.30. The minimum Gasteiger partial charge on any atom is -0.370 e. The third-order valence-corrected chi connectivity index (χ3v) is 7.56. The summed E-state index contributed by atoms with van der Waals surface area (Å²) in [6.07, 6.45) is 1.69. The van der Waals surface area contributed by atoms with Gasteiger partial charge in [0.1, 0.15) is 10.7 Å². The number of hydrogen-bond donors (Lipinski definition) is 0. The maximum atomic E-state index is 6.02. The van der Waals surface area contributed by atoms with Gasteiger partial charge in [-0.1, -0.05) is 42.4 Å². The van der Waals surface area contributed by atoms with Gasteiger partial charge in [-0.25, -0.2) is 4.98 Å². The van der Waals surface area contributed by atoms with E-state index in [4.69, 9.17) is 21.3 Å². The predicted octanol–water partition coefficient (Wildman–Crippen LogP) is 5.70. The van der Waals surface area contributed by atoms with E-state index in [1.54, 1.807) is 23.1 Å². The molecule has 0 N–H and O–H groups in total. The molecule has 0 spiro atoms. The van der Waals surface area contributed by atoms with Crippen LogP contribution in [0.1, 0.15) is 42.6 Å². The first-order chi connectivity index (χ1) is 13.9. The van der Waals surface area contributed by atoms with E-state index < -0.39 is 0 Å². The summed E-state index contributed by atoms with van der Waals surface area (Å²) < 4.78 is 8.15. The van der Waals surface area contributed by atoms with E-state index in [1.165, 1.54) is 16.0 Å². The molecule has 8 heteroatoms. The maximum absolute atomic E-state index is 6.02. The van der Waals surface area contributed by atoms with Crippen molar-refractivity contribution in [3.8, 4) is 0 Å². The van der Waals surface area contributed by atoms with Crippen molar-refractivity contribution >= 4 is 50.6 Å². The molecule has 0 saturated carbocycles. The van der Waals surface area contributed by atoms with Crippen molar-refractivity contribution in [2.75, 3.05) is 0 Å². The van der Waals surface area contributed by atoms with E-state index in [1.807, 2.05) is 24.3 Å². The molecule has 0 radical (unpaired) electrons. The molecule has 29 heavy (non-hydrogen) atoms. The second kappa shape index (κ2) is 7.23. The fourth-order valence-electron chi connectivity index (χ4n) is 3.74. The van der Waals surface area contributed by atoms with Crippen LogP contribution in [0.15, 0.2) is 29.4 Å². The summed E-state index contributed by atoms with van der Waals surface area (Å²) in [6.45, 7) is 7.05. The Morgan fingerprint density at radius 3 is 2.79 bits per heavy atom. The van der Waals surface area contributed by atoms with Crippen LogP contribution in [0, 0.1) is 0 Å². The highest BCUT2D eigenvalue weighted by Crippen LogP contribution is 2.40. The van der Waals surface area contributed by atoms with Gasteiger partial charge in [0, 0.05) is 28.5 Å². The molecule has 0 atom stereocenters. The Morgan fingerprint density at radius 1 is 1.24 bits per heavy atom. The van der Waals surface area contributed by atoms with Gasteiger partial charge >= 0.3 is 0 Å². The molecule has 5 rings (SSSR count). The topological polar surface area (TPSA) is 52.3 Å². The third-order valence-electron chi connectivity index (χ3n) is 5.21. The highest BCUT2D eigenvalue weighted by Gasteiger charge is 2.31. The smallest absolute Gasteiger partial charge is 0.197 e. The zero-order valence-electron chi connectivity index (χ0n) is 16.5. The Bertz CT molecular complexity index is 1210. The number of fused-ring (bicyclic) bond motifs is 5. The van der Waals surface area contributed by atoms with Gasteiger partial charge in [-0.15, -0.1) is 21.5 Å². The van der Waals surface area contributed by atoms with Crippen LogP contribution in [0.4, 0.5) is 0 Å². The molecule has 3 aromatic heterocycles. The van der Waals surface area contributed by atoms with E-state index in [9.17, 15) is 0 Å². The van der Waals surface area contributed by atoms with Gasteiger partial charge in [0.2, 0.25) is 0 Å². The quantitative estimate of drug-likeness (QED) is 0.378. The van der Waals surface area contributed by atoms with Gasteiger partial charge in [0.15, 0.2) is 10.8 Å². The average Bonchev–Trinajstić information content (AvgIpc) is 3.27. The summed E-state index contributed by atoms with van der Waals surface area (Å²) in [5.41, 5.74) is 3.27. The number of nitrogens with zero attached hydrogens (tertiary/aromatic N) is 4. The summed E-state index contributed by atoms with van der Waals surface area (Å²) in [5, 5.41) is 11.9. The molecular formula is C21H21ClN4OS2. The van der Waals surface area contributed by atoms with Crippen LogP contribution in [0.25, 0.3) is 15.9 Å². The molecule has 5 nitrogen and oxygen atoms in total. The van der Waals surface area contributed by atoms with Gasteiger partial charge in [-0.05, 0) is 37.1 Å². The highest BCUT2D eigenvalue weighted by atomic mass is 35.5. The molecule has 150 valence electrons. The van der Waals surface area contributed by atoms with Gasteiger partial charge in [0.05, 0.1) is 17.6 Å². The first-order valence-corrected chi connectivity index (χ1v) is 11.8. The molecule has 1 aliphatic rings. The number of thioether (sulfide) groups is 1. The molecule has 0 saturated heterocycles. The molecule has 0 amide bonds. The van der Waals surface area contributed by atoms with Crippen molar-refractivity contribution in [3.05, 3.63) is 51.1 Å². The monoisotopic (exact) mass is 444 g/mol. The number of rotatable bonds is 4. The second-order valence-corrected chi connectivity index (χ2v) is 10.3. The number of aromatic nitrogens is 4. The van der Waals surface area contributed by atoms with Crippen molar-refractivity contribution in [2.24, 2.45) is 0 Å². The molecule has 1 aliphatic heterocycles. The minimum atomic E-state index is -0.173. The zero-order valence-corrected chi connectivity index (χ0v) is 18.9. The lowest BCUT2D eigenvalue weighted by Gasteiger charge is -2.30. The van der Waals surface area contributed by atoms with Crippen molar-refractivity contribution in [2.45, 2.75) is 56.7 Å². The number of thiophene rings is 1. The lowest BCUT2D eigenvalue weighted by atomic mass is 9.94. The SMILES string of the molecule is CCc1nc2sc3c(c2c2nnc(SCc4ccc(Cl)cc4)n12)CC(C)(C)OC3. The molecule has 0 fully saturated rings. The van der Waals surface area contributed by atoms with E-state index in [0.717, 1.165) is 50.5 Å². The molecule has 4 heterocycles. The van der Waals surface area contributed by atoms with Gasteiger partial charge < -0.3 is 4.74 Å². The van der Waals surface area contributed by atoms with E-state index in [0.29, 0.717) is 6.61 Å². The van der Waals surface area contributed by atoms with Crippen LogP contribution < -0.4 is 0 Å². The largest absolute Gasteiger partial charge is 0.370 e. The zero-order chi connectivity index (χ0) is 20.2. The van der Waals surface area contributed by atoms with Crippen molar-refractivity contribution in [1.82, 2.24) is 19.6 Å². The van der Waals surface area contributed by atoms with Crippen LogP contribution in [-0.4, -0.2) is 25.2 Å². The first kappa shape index (κ1) is 19.3. The highest BCUT2D eigenvalue weighted by molar-refractivity contribution is 7.98. The van der Waals surface area contributed by atoms with Gasteiger partial charge in [-0.3, -0.25) is 4.40 Å². The normalized spacial score (nSPS) is 15.9. The third kappa shape index (κ3) is 3.44. The Kier molecular flexibility index (Phi) is 4.81. The Balaban J connectivity index is 1.61. The van der Waals surface area contributed by atoms with E-state index in [-0.39, 0.29) is 5.60 Å². The minimum absolute atomic E-state index is 0.173. The molecule has 1 aromatic carbocycles. The van der Waals surface area contributed by atoms with Crippen molar-refractivity contribution < 1.29 is 4.74 Å². The van der Waals surface area contributed by atoms with Crippen LogP contribution in [-0.2, 0) is 29.9 Å². The van der Waals surface area contributed by atoms with Gasteiger partial charge in [-0.2, -0.15) is 0 Å². The lowest BCUT2D eigenvalue weighted by molar-refractivity contribution is -0.0379. The summed E-state index contributed by atoms with van der Waals surface area (Å²) >= 11 is 9.41. The van der Waals surface area contributed by atoms with Crippen molar-refractivity contribution in [3.63, 3.8) is 0 Å². The fraction of sp³-hybridized carbons (Fsp3) is 0.381. The number of aryl methyl sites for hydroxylation is 1. The number of halogens is 1.